The van der Waals surface area contributed by atoms with Crippen molar-refractivity contribution in [2.24, 2.45) is 0 Å². The molecule has 10 heteroatoms. The molecule has 9 nitrogen and oxygen atoms in total. The minimum Gasteiger partial charge on any atom is -0.454 e. The highest BCUT2D eigenvalue weighted by atomic mass is 79.9. The maximum absolute atomic E-state index is 11.7. The van der Waals surface area contributed by atoms with E-state index in [1.807, 2.05) is 24.3 Å². The highest BCUT2D eigenvalue weighted by molar-refractivity contribution is 9.10. The van der Waals surface area contributed by atoms with Crippen LogP contribution in [0.4, 0.5) is 23.0 Å². The van der Waals surface area contributed by atoms with Crippen molar-refractivity contribution >= 4 is 38.9 Å². The molecule has 4 rings (SSSR count). The third-order valence-electron chi connectivity index (χ3n) is 4.01. The molecule has 0 amide bonds. The molecule has 0 fully saturated rings. The van der Waals surface area contributed by atoms with Crippen molar-refractivity contribution in [3.05, 3.63) is 68.9 Å². The monoisotopic (exact) mass is 443 g/mol. The number of nitro groups is 1. The van der Waals surface area contributed by atoms with Gasteiger partial charge in [-0.05, 0) is 42.0 Å². The predicted octanol–water partition coefficient (Wildman–Crippen LogP) is 4.23. The number of nitrogens with one attached hydrogen (secondary N) is 2. The van der Waals surface area contributed by atoms with Crippen LogP contribution in [0.3, 0.4) is 0 Å². The quantitative estimate of drug-likeness (QED) is 0.429. The van der Waals surface area contributed by atoms with Crippen LogP contribution in [0.1, 0.15) is 5.56 Å². The number of halogens is 1. The van der Waals surface area contributed by atoms with Gasteiger partial charge < -0.3 is 20.1 Å². The first kappa shape index (κ1) is 18.0. The molecule has 2 aromatic carbocycles. The van der Waals surface area contributed by atoms with Gasteiger partial charge in [0.1, 0.15) is 6.33 Å². The van der Waals surface area contributed by atoms with E-state index in [1.54, 1.807) is 18.2 Å². The minimum atomic E-state index is -0.511. The summed E-state index contributed by atoms with van der Waals surface area (Å²) in [4.78, 5) is 19.2. The molecule has 1 aliphatic rings. The molecule has 0 saturated carbocycles. The van der Waals surface area contributed by atoms with Crippen LogP contribution in [-0.2, 0) is 6.54 Å². The van der Waals surface area contributed by atoms with Gasteiger partial charge in [-0.1, -0.05) is 22.0 Å². The molecule has 28 heavy (non-hydrogen) atoms. The zero-order chi connectivity index (χ0) is 19.5. The summed E-state index contributed by atoms with van der Waals surface area (Å²) in [5.74, 6) is 1.56. The molecule has 1 aromatic heterocycles. The molecule has 0 radical (unpaired) electrons. The van der Waals surface area contributed by atoms with Crippen molar-refractivity contribution in [2.75, 3.05) is 17.4 Å². The lowest BCUT2D eigenvalue weighted by Crippen LogP contribution is -2.08. The van der Waals surface area contributed by atoms with Crippen molar-refractivity contribution in [1.29, 1.82) is 0 Å². The van der Waals surface area contributed by atoms with E-state index in [0.29, 0.717) is 23.7 Å². The fourth-order valence-corrected chi connectivity index (χ4v) is 2.94. The Balaban J connectivity index is 1.56. The highest BCUT2D eigenvalue weighted by Gasteiger charge is 2.23. The maximum Gasteiger partial charge on any atom is 0.353 e. The van der Waals surface area contributed by atoms with Crippen molar-refractivity contribution in [3.63, 3.8) is 0 Å². The SMILES string of the molecule is O=[N+]([O-])c1c(NCc2ccc3c(c2)OCO3)ncnc1Nc1ccc(Br)cc1. The summed E-state index contributed by atoms with van der Waals surface area (Å²) in [5.41, 5.74) is 1.32. The fourth-order valence-electron chi connectivity index (χ4n) is 2.68. The van der Waals surface area contributed by atoms with Gasteiger partial charge in [0.15, 0.2) is 11.5 Å². The van der Waals surface area contributed by atoms with Gasteiger partial charge in [0.05, 0.1) is 4.92 Å². The summed E-state index contributed by atoms with van der Waals surface area (Å²) in [6.45, 7) is 0.515. The van der Waals surface area contributed by atoms with Gasteiger partial charge in [-0.25, -0.2) is 9.97 Å². The van der Waals surface area contributed by atoms with E-state index < -0.39 is 4.92 Å². The van der Waals surface area contributed by atoms with E-state index in [9.17, 15) is 10.1 Å². The Bertz CT molecular complexity index is 1030. The molecule has 0 bridgehead atoms. The second-order valence-corrected chi connectivity index (χ2v) is 6.77. The molecule has 3 aromatic rings. The Morgan fingerprint density at radius 1 is 1.07 bits per heavy atom. The topological polar surface area (TPSA) is 111 Å². The number of ether oxygens (including phenoxy) is 2. The molecule has 1 aliphatic heterocycles. The van der Waals surface area contributed by atoms with Crippen LogP contribution in [0.2, 0.25) is 0 Å². The first-order valence-corrected chi connectivity index (χ1v) is 9.04. The standard InChI is InChI=1S/C18H14BrN5O4/c19-12-2-4-13(5-3-12)23-18-16(24(25)26)17(21-9-22-18)20-8-11-1-6-14-15(7-11)28-10-27-14/h1-7,9H,8,10H2,(H2,20,21,22,23). The number of hydrogen-bond acceptors (Lipinski definition) is 8. The van der Waals surface area contributed by atoms with E-state index in [-0.39, 0.29) is 24.1 Å². The number of anilines is 3. The lowest BCUT2D eigenvalue weighted by Gasteiger charge is -2.10. The van der Waals surface area contributed by atoms with Crippen molar-refractivity contribution in [1.82, 2.24) is 9.97 Å². The zero-order valence-corrected chi connectivity index (χ0v) is 16.0. The Morgan fingerprint density at radius 2 is 1.82 bits per heavy atom. The van der Waals surface area contributed by atoms with E-state index >= 15 is 0 Å². The number of benzene rings is 2. The molecule has 0 saturated heterocycles. The number of fused-ring (bicyclic) bond motifs is 1. The summed E-state index contributed by atoms with van der Waals surface area (Å²) in [5, 5.41) is 17.6. The zero-order valence-electron chi connectivity index (χ0n) is 14.4. The van der Waals surface area contributed by atoms with E-state index in [1.165, 1.54) is 6.33 Å². The summed E-state index contributed by atoms with van der Waals surface area (Å²) >= 11 is 3.35. The summed E-state index contributed by atoms with van der Waals surface area (Å²) in [7, 11) is 0. The van der Waals surface area contributed by atoms with Gasteiger partial charge >= 0.3 is 5.69 Å². The maximum atomic E-state index is 11.7. The second-order valence-electron chi connectivity index (χ2n) is 5.85. The van der Waals surface area contributed by atoms with Gasteiger partial charge in [-0.2, -0.15) is 0 Å². The molecule has 0 aliphatic carbocycles. The number of rotatable bonds is 6. The van der Waals surface area contributed by atoms with Gasteiger partial charge in [-0.15, -0.1) is 0 Å². The lowest BCUT2D eigenvalue weighted by atomic mass is 10.2. The van der Waals surface area contributed by atoms with Crippen LogP contribution >= 0.6 is 15.9 Å². The smallest absolute Gasteiger partial charge is 0.353 e. The number of hydrogen-bond donors (Lipinski definition) is 2. The fraction of sp³-hybridized carbons (Fsp3) is 0.111. The van der Waals surface area contributed by atoms with Gasteiger partial charge in [0, 0.05) is 16.7 Å². The Labute approximate surface area is 168 Å². The normalized spacial score (nSPS) is 11.9. The van der Waals surface area contributed by atoms with Gasteiger partial charge in [0.25, 0.3) is 0 Å². The van der Waals surface area contributed by atoms with Crippen LogP contribution in [0, 0.1) is 10.1 Å². The average molecular weight is 444 g/mol. The molecule has 0 spiro atoms. The van der Waals surface area contributed by atoms with Crippen LogP contribution in [-0.4, -0.2) is 21.7 Å². The molecule has 0 unspecified atom stereocenters. The third kappa shape index (κ3) is 3.81. The van der Waals surface area contributed by atoms with Crippen LogP contribution in [0.5, 0.6) is 11.5 Å². The van der Waals surface area contributed by atoms with Crippen molar-refractivity contribution in [3.8, 4) is 11.5 Å². The van der Waals surface area contributed by atoms with Gasteiger partial charge in [0.2, 0.25) is 18.4 Å². The van der Waals surface area contributed by atoms with E-state index in [4.69, 9.17) is 9.47 Å². The average Bonchev–Trinajstić information content (AvgIpc) is 3.16. The molecule has 2 heterocycles. The van der Waals surface area contributed by atoms with E-state index in [0.717, 1.165) is 10.0 Å². The summed E-state index contributed by atoms with van der Waals surface area (Å²) in [6.07, 6.45) is 1.27. The molecular formula is C18H14BrN5O4. The van der Waals surface area contributed by atoms with Crippen molar-refractivity contribution < 1.29 is 14.4 Å². The number of aromatic nitrogens is 2. The van der Waals surface area contributed by atoms with Crippen LogP contribution in [0.25, 0.3) is 0 Å². The molecule has 0 atom stereocenters. The van der Waals surface area contributed by atoms with Crippen molar-refractivity contribution in [2.45, 2.75) is 6.54 Å². The molecule has 142 valence electrons. The third-order valence-corrected chi connectivity index (χ3v) is 4.54. The molecular weight excluding hydrogens is 430 g/mol. The summed E-state index contributed by atoms with van der Waals surface area (Å²) < 4.78 is 11.5. The Hall–Kier alpha value is -3.40. The Kier molecular flexibility index (Phi) is 4.94. The highest BCUT2D eigenvalue weighted by Crippen LogP contribution is 2.34. The first-order chi connectivity index (χ1) is 13.6. The second kappa shape index (κ2) is 7.69. The van der Waals surface area contributed by atoms with E-state index in [2.05, 4.69) is 36.5 Å². The lowest BCUT2D eigenvalue weighted by molar-refractivity contribution is -0.383. The van der Waals surface area contributed by atoms with Gasteiger partial charge in [-0.3, -0.25) is 10.1 Å². The predicted molar refractivity (Wildman–Crippen MR) is 106 cm³/mol. The first-order valence-electron chi connectivity index (χ1n) is 8.24. The minimum absolute atomic E-state index is 0.107. The molecule has 2 N–H and O–H groups in total. The number of nitrogens with zero attached hydrogens (tertiary/aromatic N) is 3. The van der Waals surface area contributed by atoms with Crippen LogP contribution in [0.15, 0.2) is 53.3 Å². The largest absolute Gasteiger partial charge is 0.454 e. The summed E-state index contributed by atoms with van der Waals surface area (Å²) in [6, 6.07) is 12.7. The Morgan fingerprint density at radius 3 is 2.61 bits per heavy atom. The van der Waals surface area contributed by atoms with Crippen LogP contribution < -0.4 is 20.1 Å².